The van der Waals surface area contributed by atoms with Gasteiger partial charge in [0.1, 0.15) is 11.1 Å². The van der Waals surface area contributed by atoms with E-state index in [9.17, 15) is 20.1 Å². The molecule has 0 spiro atoms. The minimum absolute atomic E-state index is 0.144. The first-order valence-electron chi connectivity index (χ1n) is 15.7. The Bertz CT molecular complexity index is 1100. The van der Waals surface area contributed by atoms with Crippen LogP contribution in [0.1, 0.15) is 111 Å². The lowest BCUT2D eigenvalue weighted by atomic mass is 9.68. The minimum Gasteiger partial charge on any atom is -0.336 e. The van der Waals surface area contributed by atoms with Gasteiger partial charge in [0, 0.05) is 39.8 Å². The van der Waals surface area contributed by atoms with Crippen molar-refractivity contribution >= 4 is 11.8 Å². The van der Waals surface area contributed by atoms with E-state index < -0.39 is 11.1 Å². The van der Waals surface area contributed by atoms with Crippen LogP contribution in [0.15, 0.2) is 22.3 Å². The molecule has 6 atom stereocenters. The minimum atomic E-state index is -0.778. The van der Waals surface area contributed by atoms with Crippen molar-refractivity contribution in [2.75, 3.05) is 13.1 Å². The zero-order valence-corrected chi connectivity index (χ0v) is 25.0. The number of hydrogen-bond donors (Lipinski definition) is 1. The zero-order valence-electron chi connectivity index (χ0n) is 25.0. The number of amides is 2. The lowest BCUT2D eigenvalue weighted by Gasteiger charge is -2.48. The number of nitriles is 2. The van der Waals surface area contributed by atoms with E-state index in [0.29, 0.717) is 24.7 Å². The van der Waals surface area contributed by atoms with Crippen molar-refractivity contribution in [1.82, 2.24) is 15.1 Å². The van der Waals surface area contributed by atoms with Crippen molar-refractivity contribution in [3.05, 3.63) is 22.3 Å². The third-order valence-corrected chi connectivity index (χ3v) is 10.5. The molecule has 0 bridgehead atoms. The van der Waals surface area contributed by atoms with Crippen molar-refractivity contribution < 1.29 is 9.59 Å². The Balaban J connectivity index is 1.44. The molecule has 0 saturated carbocycles. The molecule has 40 heavy (non-hydrogen) atoms. The number of nitrogens with one attached hydrogen (secondary N) is 1. The van der Waals surface area contributed by atoms with Gasteiger partial charge in [0.05, 0.1) is 24.2 Å². The van der Waals surface area contributed by atoms with Gasteiger partial charge < -0.3 is 9.80 Å². The molecule has 3 saturated heterocycles. The SMILES string of the molecule is CC(=O)N1CCCC2=C(C[C@]3(C#N)CCC[C@](C#N)(CC4=C5CCCN(C(C)=O)[C@@H]5C[C@H](C)C4)N3)C[C@@H](C)C[C@H]21. The van der Waals surface area contributed by atoms with Gasteiger partial charge in [-0.05, 0) is 93.6 Å². The molecule has 2 amide bonds. The Hall–Kier alpha value is -2.64. The fourth-order valence-electron chi connectivity index (χ4n) is 8.94. The van der Waals surface area contributed by atoms with Crippen LogP contribution in [-0.4, -0.2) is 57.9 Å². The molecule has 216 valence electrons. The molecule has 0 unspecified atom stereocenters. The first-order valence-corrected chi connectivity index (χ1v) is 15.7. The van der Waals surface area contributed by atoms with Crippen molar-refractivity contribution in [3.63, 3.8) is 0 Å². The molecule has 0 aromatic rings. The van der Waals surface area contributed by atoms with Gasteiger partial charge in [-0.25, -0.2) is 0 Å². The van der Waals surface area contributed by atoms with Crippen molar-refractivity contribution in [2.24, 2.45) is 11.8 Å². The molecule has 0 radical (unpaired) electrons. The number of hydrogen-bond acceptors (Lipinski definition) is 5. The fourth-order valence-corrected chi connectivity index (χ4v) is 8.94. The summed E-state index contributed by atoms with van der Waals surface area (Å²) in [6.45, 7) is 9.52. The Morgan fingerprint density at radius 2 is 1.23 bits per heavy atom. The molecule has 3 fully saturated rings. The zero-order chi connectivity index (χ0) is 28.7. The van der Waals surface area contributed by atoms with Gasteiger partial charge in [-0.3, -0.25) is 14.9 Å². The molecule has 1 N–H and O–H groups in total. The predicted octanol–water partition coefficient (Wildman–Crippen LogP) is 5.54. The summed E-state index contributed by atoms with van der Waals surface area (Å²) in [6.07, 6.45) is 11.5. The molecule has 3 aliphatic heterocycles. The Morgan fingerprint density at radius 1 is 0.800 bits per heavy atom. The van der Waals surface area contributed by atoms with Gasteiger partial charge in [0.2, 0.25) is 11.8 Å². The number of carbonyl (C=O) groups excluding carboxylic acids is 2. The average molecular weight is 546 g/mol. The maximum Gasteiger partial charge on any atom is 0.219 e. The highest BCUT2D eigenvalue weighted by Gasteiger charge is 2.48. The fraction of sp³-hybridized carbons (Fsp3) is 0.758. The van der Waals surface area contributed by atoms with Crippen molar-refractivity contribution in [2.45, 2.75) is 134 Å². The third-order valence-electron chi connectivity index (χ3n) is 10.5. The molecule has 5 rings (SSSR count). The average Bonchev–Trinajstić information content (AvgIpc) is 2.92. The maximum absolute atomic E-state index is 12.4. The second-order valence-corrected chi connectivity index (χ2v) is 13.7. The largest absolute Gasteiger partial charge is 0.336 e. The molecule has 7 heteroatoms. The van der Waals surface area contributed by atoms with Crippen LogP contribution in [0.5, 0.6) is 0 Å². The van der Waals surface area contributed by atoms with Crippen LogP contribution in [0, 0.1) is 34.5 Å². The first-order chi connectivity index (χ1) is 19.1. The molecule has 0 aromatic heterocycles. The number of piperidine rings is 3. The van der Waals surface area contributed by atoms with E-state index in [1.165, 1.54) is 22.3 Å². The Morgan fingerprint density at radius 3 is 1.60 bits per heavy atom. The van der Waals surface area contributed by atoms with Gasteiger partial charge in [-0.15, -0.1) is 0 Å². The summed E-state index contributed by atoms with van der Waals surface area (Å²) >= 11 is 0. The van der Waals surface area contributed by atoms with Gasteiger partial charge in [-0.1, -0.05) is 25.0 Å². The number of likely N-dealkylation sites (tertiary alicyclic amines) is 2. The van der Waals surface area contributed by atoms with Crippen molar-refractivity contribution in [1.29, 1.82) is 10.5 Å². The van der Waals surface area contributed by atoms with E-state index in [2.05, 4.69) is 31.3 Å². The summed E-state index contributed by atoms with van der Waals surface area (Å²) in [6, 6.07) is 5.67. The summed E-state index contributed by atoms with van der Waals surface area (Å²) in [5, 5.41) is 25.0. The molecule has 5 aliphatic rings. The number of nitrogens with zero attached hydrogens (tertiary/aromatic N) is 4. The van der Waals surface area contributed by atoms with E-state index in [4.69, 9.17) is 0 Å². The highest BCUT2D eigenvalue weighted by Crippen LogP contribution is 2.46. The second kappa shape index (κ2) is 11.3. The van der Waals surface area contributed by atoms with E-state index in [1.54, 1.807) is 13.8 Å². The molecule has 7 nitrogen and oxygen atoms in total. The topological polar surface area (TPSA) is 100 Å². The number of fused-ring (bicyclic) bond motifs is 2. The Kier molecular flexibility index (Phi) is 8.17. The summed E-state index contributed by atoms with van der Waals surface area (Å²) in [4.78, 5) is 29.0. The molecule has 0 aromatic carbocycles. The smallest absolute Gasteiger partial charge is 0.219 e. The molecule has 2 aliphatic carbocycles. The Labute approximate surface area is 240 Å². The monoisotopic (exact) mass is 545 g/mol. The van der Waals surface area contributed by atoms with E-state index in [0.717, 1.165) is 83.7 Å². The summed E-state index contributed by atoms with van der Waals surface area (Å²) in [5.41, 5.74) is 3.89. The number of carbonyl (C=O) groups is 2. The van der Waals surface area contributed by atoms with Gasteiger partial charge in [-0.2, -0.15) is 10.5 Å². The standard InChI is InChI=1S/C33H47N5O2/c1-22-14-26(28-8-5-12-37(24(3)39)30(28)16-22)18-32(20-34)10-7-11-33(21-35,36-32)19-27-15-23(2)17-31-29(27)9-6-13-38(31)25(4)40/h22-23,30-31,36H,5-19H2,1-4H3/t22-,23-,30-,31-,32-,33+/m1/s1. The van der Waals surface area contributed by atoms with Crippen LogP contribution in [0.4, 0.5) is 0 Å². The second-order valence-electron chi connectivity index (χ2n) is 13.7. The first kappa shape index (κ1) is 28.9. The number of rotatable bonds is 4. The lowest BCUT2D eigenvalue weighted by Crippen LogP contribution is -2.61. The van der Waals surface area contributed by atoms with Gasteiger partial charge >= 0.3 is 0 Å². The van der Waals surface area contributed by atoms with Crippen LogP contribution in [0.2, 0.25) is 0 Å². The normalized spacial score (nSPS) is 36.4. The van der Waals surface area contributed by atoms with Crippen LogP contribution < -0.4 is 5.32 Å². The van der Waals surface area contributed by atoms with Crippen LogP contribution >= 0.6 is 0 Å². The quantitative estimate of drug-likeness (QED) is 0.468. The maximum atomic E-state index is 12.4. The van der Waals surface area contributed by atoms with Gasteiger partial charge in [0.25, 0.3) is 0 Å². The van der Waals surface area contributed by atoms with E-state index >= 15 is 0 Å². The van der Waals surface area contributed by atoms with E-state index in [-0.39, 0.29) is 23.9 Å². The summed E-state index contributed by atoms with van der Waals surface area (Å²) in [5.74, 6) is 1.22. The molecular formula is C33H47N5O2. The highest BCUT2D eigenvalue weighted by atomic mass is 16.2. The van der Waals surface area contributed by atoms with Crippen molar-refractivity contribution in [3.8, 4) is 12.1 Å². The van der Waals surface area contributed by atoms with Crippen LogP contribution in [0.25, 0.3) is 0 Å². The van der Waals surface area contributed by atoms with Gasteiger partial charge in [0.15, 0.2) is 0 Å². The third kappa shape index (κ3) is 5.47. The summed E-state index contributed by atoms with van der Waals surface area (Å²) < 4.78 is 0. The van der Waals surface area contributed by atoms with Crippen LogP contribution in [0.3, 0.4) is 0 Å². The van der Waals surface area contributed by atoms with E-state index in [1.807, 2.05) is 9.80 Å². The van der Waals surface area contributed by atoms with Crippen LogP contribution in [-0.2, 0) is 9.59 Å². The molecular weight excluding hydrogens is 498 g/mol. The summed E-state index contributed by atoms with van der Waals surface area (Å²) in [7, 11) is 0. The highest BCUT2D eigenvalue weighted by molar-refractivity contribution is 5.75. The predicted molar refractivity (Wildman–Crippen MR) is 155 cm³/mol. The lowest BCUT2D eigenvalue weighted by molar-refractivity contribution is -0.132. The molecule has 3 heterocycles.